The Labute approximate surface area is 146 Å². The lowest BCUT2D eigenvalue weighted by atomic mass is 9.95. The largest absolute Gasteiger partial charge is 0.454 e. The SMILES string of the molecule is CC1(C)OC2C/C=C3/CCN(Cc4cc5c(cc43)OCO5)C(=O)C2O1. The van der Waals surface area contributed by atoms with Crippen molar-refractivity contribution in [3.63, 3.8) is 0 Å². The zero-order valence-corrected chi connectivity index (χ0v) is 14.4. The molecule has 2 atom stereocenters. The van der Waals surface area contributed by atoms with Gasteiger partial charge in [-0.3, -0.25) is 4.79 Å². The van der Waals surface area contributed by atoms with Crippen molar-refractivity contribution in [3.8, 4) is 11.5 Å². The summed E-state index contributed by atoms with van der Waals surface area (Å²) < 4.78 is 23.0. The Morgan fingerprint density at radius 3 is 2.80 bits per heavy atom. The van der Waals surface area contributed by atoms with E-state index in [9.17, 15) is 4.79 Å². The van der Waals surface area contributed by atoms with E-state index in [0.29, 0.717) is 19.5 Å². The summed E-state index contributed by atoms with van der Waals surface area (Å²) in [5.41, 5.74) is 3.48. The van der Waals surface area contributed by atoms with E-state index < -0.39 is 11.9 Å². The van der Waals surface area contributed by atoms with Crippen molar-refractivity contribution in [2.24, 2.45) is 0 Å². The molecule has 2 unspecified atom stereocenters. The van der Waals surface area contributed by atoms with Crippen molar-refractivity contribution < 1.29 is 23.7 Å². The summed E-state index contributed by atoms with van der Waals surface area (Å²) in [7, 11) is 0. The average Bonchev–Trinajstić information content (AvgIpc) is 3.10. The summed E-state index contributed by atoms with van der Waals surface area (Å²) in [5.74, 6) is 0.814. The van der Waals surface area contributed by atoms with Crippen LogP contribution in [0.25, 0.3) is 5.57 Å². The van der Waals surface area contributed by atoms with Crippen molar-refractivity contribution in [2.75, 3.05) is 13.3 Å². The van der Waals surface area contributed by atoms with Crippen LogP contribution in [0.5, 0.6) is 11.5 Å². The molecule has 0 aliphatic carbocycles. The second kappa shape index (κ2) is 5.22. The lowest BCUT2D eigenvalue weighted by Gasteiger charge is -2.25. The van der Waals surface area contributed by atoms with Gasteiger partial charge in [0, 0.05) is 13.1 Å². The minimum Gasteiger partial charge on any atom is -0.454 e. The van der Waals surface area contributed by atoms with E-state index in [1.54, 1.807) is 0 Å². The topological polar surface area (TPSA) is 57.2 Å². The van der Waals surface area contributed by atoms with Crippen LogP contribution < -0.4 is 9.47 Å². The first-order chi connectivity index (χ1) is 12.0. The van der Waals surface area contributed by atoms with Crippen LogP contribution in [0, 0.1) is 0 Å². The van der Waals surface area contributed by atoms with Crippen LogP contribution in [-0.2, 0) is 20.8 Å². The second-order valence-electron chi connectivity index (χ2n) is 7.43. The normalized spacial score (nSPS) is 31.4. The summed E-state index contributed by atoms with van der Waals surface area (Å²) >= 11 is 0. The molecule has 1 amide bonds. The van der Waals surface area contributed by atoms with Gasteiger partial charge in [-0.05, 0) is 55.5 Å². The molecule has 2 bridgehead atoms. The predicted octanol–water partition coefficient (Wildman–Crippen LogP) is 2.45. The number of hydrogen-bond acceptors (Lipinski definition) is 5. The highest BCUT2D eigenvalue weighted by Crippen LogP contribution is 2.41. The monoisotopic (exact) mass is 343 g/mol. The highest BCUT2D eigenvalue weighted by molar-refractivity contribution is 5.84. The first kappa shape index (κ1) is 15.2. The molecule has 4 aliphatic heterocycles. The van der Waals surface area contributed by atoms with Crippen LogP contribution >= 0.6 is 0 Å². The molecule has 6 nitrogen and oxygen atoms in total. The molecular weight excluding hydrogens is 322 g/mol. The summed E-state index contributed by atoms with van der Waals surface area (Å²) in [6.45, 7) is 5.21. The lowest BCUT2D eigenvalue weighted by molar-refractivity contribution is -0.161. The van der Waals surface area contributed by atoms with Gasteiger partial charge in [-0.15, -0.1) is 0 Å². The molecule has 132 valence electrons. The standard InChI is InChI=1S/C19H21NO5/c1-19(2)24-14-4-3-11-5-6-20(18(21)17(14)25-19)9-12-7-15-16(8-13(11)12)23-10-22-15/h3,7-8,14,17H,4-6,9-10H2,1-2H3/b11-3-. The molecule has 0 aromatic heterocycles. The maximum atomic E-state index is 13.1. The van der Waals surface area contributed by atoms with Gasteiger partial charge in [0.1, 0.15) is 0 Å². The number of benzene rings is 1. The number of rotatable bonds is 0. The molecule has 0 radical (unpaired) electrons. The minimum atomic E-state index is -0.729. The quantitative estimate of drug-likeness (QED) is 0.724. The van der Waals surface area contributed by atoms with Gasteiger partial charge in [-0.1, -0.05) is 6.08 Å². The Balaban J connectivity index is 1.60. The Kier molecular flexibility index (Phi) is 3.18. The van der Waals surface area contributed by atoms with Crippen molar-refractivity contribution >= 4 is 11.5 Å². The molecule has 4 heterocycles. The smallest absolute Gasteiger partial charge is 0.254 e. The van der Waals surface area contributed by atoms with E-state index in [0.717, 1.165) is 29.0 Å². The fourth-order valence-corrected chi connectivity index (χ4v) is 4.14. The third-order valence-electron chi connectivity index (χ3n) is 5.29. The van der Waals surface area contributed by atoms with Gasteiger partial charge in [-0.2, -0.15) is 0 Å². The molecule has 4 aliphatic rings. The fourth-order valence-electron chi connectivity index (χ4n) is 4.14. The molecular formula is C19H21NO5. The van der Waals surface area contributed by atoms with Crippen LogP contribution in [0.15, 0.2) is 18.2 Å². The number of carbonyl (C=O) groups excluding carboxylic acids is 1. The van der Waals surface area contributed by atoms with Crippen molar-refractivity contribution in [2.45, 2.75) is 51.2 Å². The minimum absolute atomic E-state index is 0.00995. The fraction of sp³-hybridized carbons (Fsp3) is 0.526. The van der Waals surface area contributed by atoms with E-state index in [1.807, 2.05) is 30.9 Å². The number of ether oxygens (including phenoxy) is 4. The summed E-state index contributed by atoms with van der Waals surface area (Å²) in [6, 6.07) is 4.05. The van der Waals surface area contributed by atoms with Gasteiger partial charge >= 0.3 is 0 Å². The summed E-state index contributed by atoms with van der Waals surface area (Å²) in [6.07, 6.45) is 2.90. The molecule has 0 spiro atoms. The van der Waals surface area contributed by atoms with Gasteiger partial charge in [0.05, 0.1) is 6.10 Å². The second-order valence-corrected chi connectivity index (χ2v) is 7.43. The third-order valence-corrected chi connectivity index (χ3v) is 5.29. The zero-order chi connectivity index (χ0) is 17.2. The highest BCUT2D eigenvalue weighted by Gasteiger charge is 2.47. The molecule has 5 rings (SSSR count). The number of carbonyl (C=O) groups is 1. The van der Waals surface area contributed by atoms with E-state index in [1.165, 1.54) is 5.57 Å². The maximum Gasteiger partial charge on any atom is 0.254 e. The molecule has 6 heteroatoms. The van der Waals surface area contributed by atoms with Gasteiger partial charge in [0.15, 0.2) is 23.4 Å². The van der Waals surface area contributed by atoms with Gasteiger partial charge in [0.25, 0.3) is 5.91 Å². The molecule has 1 saturated heterocycles. The maximum absolute atomic E-state index is 13.1. The summed E-state index contributed by atoms with van der Waals surface area (Å²) in [4.78, 5) is 15.0. The molecule has 1 fully saturated rings. The predicted molar refractivity (Wildman–Crippen MR) is 89.0 cm³/mol. The van der Waals surface area contributed by atoms with E-state index in [4.69, 9.17) is 18.9 Å². The van der Waals surface area contributed by atoms with Crippen molar-refractivity contribution in [1.29, 1.82) is 0 Å². The summed E-state index contributed by atoms with van der Waals surface area (Å²) in [5, 5.41) is 0. The van der Waals surface area contributed by atoms with Crippen LogP contribution in [0.2, 0.25) is 0 Å². The van der Waals surface area contributed by atoms with Crippen molar-refractivity contribution in [1.82, 2.24) is 4.90 Å². The molecule has 0 N–H and O–H groups in total. The van der Waals surface area contributed by atoms with Crippen molar-refractivity contribution in [3.05, 3.63) is 29.3 Å². The number of amides is 1. The number of hydrogen-bond donors (Lipinski definition) is 0. The van der Waals surface area contributed by atoms with E-state index >= 15 is 0 Å². The van der Waals surface area contributed by atoms with Crippen LogP contribution in [0.3, 0.4) is 0 Å². The van der Waals surface area contributed by atoms with Crippen LogP contribution in [0.4, 0.5) is 0 Å². The number of nitrogens with zero attached hydrogens (tertiary/aromatic N) is 1. The molecule has 25 heavy (non-hydrogen) atoms. The highest BCUT2D eigenvalue weighted by atomic mass is 16.8. The third kappa shape index (κ3) is 2.43. The first-order valence-corrected chi connectivity index (χ1v) is 8.76. The Hall–Kier alpha value is -2.05. The van der Waals surface area contributed by atoms with Crippen LogP contribution in [-0.4, -0.2) is 42.1 Å². The Morgan fingerprint density at radius 1 is 1.16 bits per heavy atom. The first-order valence-electron chi connectivity index (χ1n) is 8.76. The van der Waals surface area contributed by atoms with Crippen LogP contribution in [0.1, 0.15) is 37.8 Å². The molecule has 1 aromatic carbocycles. The van der Waals surface area contributed by atoms with Gasteiger partial charge in [0.2, 0.25) is 6.79 Å². The van der Waals surface area contributed by atoms with Gasteiger partial charge < -0.3 is 23.8 Å². The van der Waals surface area contributed by atoms with Gasteiger partial charge in [-0.25, -0.2) is 0 Å². The molecule has 1 aromatic rings. The number of fused-ring (bicyclic) bond motifs is 7. The Bertz CT molecular complexity index is 784. The Morgan fingerprint density at radius 2 is 1.96 bits per heavy atom. The average molecular weight is 343 g/mol. The lowest BCUT2D eigenvalue weighted by Crippen LogP contribution is -2.43. The van der Waals surface area contributed by atoms with E-state index in [-0.39, 0.29) is 18.8 Å². The molecule has 0 saturated carbocycles. The zero-order valence-electron chi connectivity index (χ0n) is 14.4. The van der Waals surface area contributed by atoms with E-state index in [2.05, 4.69) is 6.08 Å².